The van der Waals surface area contributed by atoms with Crippen LogP contribution in [0.5, 0.6) is 0 Å². The van der Waals surface area contributed by atoms with E-state index in [2.05, 4.69) is 65.6 Å². The van der Waals surface area contributed by atoms with Crippen molar-refractivity contribution < 1.29 is 5.79 Å². The monoisotopic (exact) mass is 642 g/mol. The van der Waals surface area contributed by atoms with Crippen LogP contribution in [0.1, 0.15) is 1.37 Å². The molecule has 7 aromatic carbocycles. The van der Waals surface area contributed by atoms with Gasteiger partial charge in [0.1, 0.15) is 11.2 Å². The molecule has 0 aliphatic heterocycles. The average molecular weight is 643 g/mol. The van der Waals surface area contributed by atoms with Crippen LogP contribution in [0, 0.1) is 0 Å². The van der Waals surface area contributed by atoms with Gasteiger partial charge in [0.15, 0.2) is 17.5 Å². The third-order valence-corrected chi connectivity index (χ3v) is 9.42. The van der Waals surface area contributed by atoms with Gasteiger partial charge in [0.2, 0.25) is 0 Å². The minimum atomic E-state index is 0.508. The zero-order valence-corrected chi connectivity index (χ0v) is 26.8. The molecule has 0 aliphatic carbocycles. The molecule has 234 valence electrons. The Labute approximate surface area is 289 Å². The highest BCUT2D eigenvalue weighted by molar-refractivity contribution is 6.13. The molecule has 0 amide bonds. The summed E-state index contributed by atoms with van der Waals surface area (Å²) in [4.78, 5) is 18.5. The van der Waals surface area contributed by atoms with Crippen molar-refractivity contribution in [1.29, 1.82) is 0 Å². The summed E-state index contributed by atoms with van der Waals surface area (Å²) in [6, 6.07) is 53.8. The summed E-state index contributed by atoms with van der Waals surface area (Å²) in [5, 5.41) is 4.29. The van der Waals surface area contributed by atoms with Gasteiger partial charge in [-0.25, -0.2) is 15.0 Å². The first-order valence-corrected chi connectivity index (χ1v) is 16.6. The number of nitrogens with one attached hydrogen (secondary N) is 1. The van der Waals surface area contributed by atoms with Gasteiger partial charge in [-0.2, -0.15) is 0 Å². The van der Waals surface area contributed by atoms with Gasteiger partial charge in [0, 0.05) is 49.3 Å². The standard InChI is InChI=1S/C45H28N4O/c1-4-11-28(12-5-1)31-19-22-38-35(25-31)36-26-32(20-23-39(36)46-38)33-21-24-40-37(27-33)42-34(17-10-18-41(42)50-40)45-48-43(29-13-6-2-7-14-29)47-44(49-45)30-15-8-3-9-16-30/h1-27,46H/i1T. The normalized spacial score (nSPS) is 11.9. The van der Waals surface area contributed by atoms with E-state index in [4.69, 9.17) is 20.7 Å². The largest absolute Gasteiger partial charge is 0.456 e. The van der Waals surface area contributed by atoms with Crippen LogP contribution in [0.15, 0.2) is 168 Å². The number of rotatable bonds is 5. The van der Waals surface area contributed by atoms with Gasteiger partial charge < -0.3 is 9.40 Å². The van der Waals surface area contributed by atoms with Crippen molar-refractivity contribution in [2.24, 2.45) is 0 Å². The highest BCUT2D eigenvalue weighted by atomic mass is 16.3. The molecule has 5 heteroatoms. The molecule has 0 saturated carbocycles. The molecule has 0 aliphatic rings. The van der Waals surface area contributed by atoms with Gasteiger partial charge in [0.25, 0.3) is 0 Å². The lowest BCUT2D eigenvalue weighted by Crippen LogP contribution is -2.00. The number of aromatic amines is 1. The van der Waals surface area contributed by atoms with Crippen LogP contribution in [0.4, 0.5) is 0 Å². The van der Waals surface area contributed by atoms with Gasteiger partial charge in [-0.1, -0.05) is 121 Å². The van der Waals surface area contributed by atoms with Crippen LogP contribution in [0.3, 0.4) is 0 Å². The molecular formula is C45H28N4O. The summed E-state index contributed by atoms with van der Waals surface area (Å²) >= 11 is 0. The number of H-pyrrole nitrogens is 1. The Morgan fingerprint density at radius 3 is 1.60 bits per heavy atom. The first-order chi connectivity index (χ1) is 25.1. The summed E-state index contributed by atoms with van der Waals surface area (Å²) in [5.41, 5.74) is 10.9. The average Bonchev–Trinajstić information content (AvgIpc) is 3.76. The zero-order valence-electron chi connectivity index (χ0n) is 27.8. The molecule has 3 aromatic heterocycles. The van der Waals surface area contributed by atoms with Crippen molar-refractivity contribution in [3.05, 3.63) is 164 Å². The molecule has 0 atom stereocenters. The lowest BCUT2D eigenvalue weighted by atomic mass is 9.98. The number of benzene rings is 7. The Kier molecular flexibility index (Phi) is 6.18. The molecule has 5 nitrogen and oxygen atoms in total. The molecule has 0 spiro atoms. The maximum atomic E-state index is 7.88. The first-order valence-electron chi connectivity index (χ1n) is 17.1. The van der Waals surface area contributed by atoms with Crippen LogP contribution >= 0.6 is 0 Å². The second-order valence-electron chi connectivity index (χ2n) is 12.5. The minimum absolute atomic E-state index is 0.508. The van der Waals surface area contributed by atoms with Crippen molar-refractivity contribution >= 4 is 43.7 Å². The zero-order chi connectivity index (χ0) is 33.9. The molecule has 3 heterocycles. The molecule has 1 N–H and O–H groups in total. The summed E-state index contributed by atoms with van der Waals surface area (Å²) in [6.45, 7) is 0. The molecular weight excluding hydrogens is 613 g/mol. The number of hydrogen-bond donors (Lipinski definition) is 1. The maximum Gasteiger partial charge on any atom is 0.164 e. The van der Waals surface area contributed by atoms with Crippen molar-refractivity contribution in [3.8, 4) is 56.4 Å². The fourth-order valence-corrected chi connectivity index (χ4v) is 6.96. The van der Waals surface area contributed by atoms with Crippen LogP contribution in [-0.2, 0) is 0 Å². The van der Waals surface area contributed by atoms with E-state index in [0.29, 0.717) is 23.5 Å². The predicted molar refractivity (Wildman–Crippen MR) is 204 cm³/mol. The molecule has 0 unspecified atom stereocenters. The molecule has 0 bridgehead atoms. The number of nitrogens with zero attached hydrogens (tertiary/aromatic N) is 3. The number of aromatic nitrogens is 4. The second-order valence-corrected chi connectivity index (χ2v) is 12.5. The highest BCUT2D eigenvalue weighted by Gasteiger charge is 2.18. The van der Waals surface area contributed by atoms with Crippen molar-refractivity contribution in [2.75, 3.05) is 0 Å². The molecule has 10 rings (SSSR count). The Bertz CT molecular complexity index is 2860. The summed E-state index contributed by atoms with van der Waals surface area (Å²) in [7, 11) is 0. The summed E-state index contributed by atoms with van der Waals surface area (Å²) in [6.07, 6.45) is 0. The van der Waals surface area contributed by atoms with Crippen molar-refractivity contribution in [3.63, 3.8) is 0 Å². The smallest absolute Gasteiger partial charge is 0.164 e. The van der Waals surface area contributed by atoms with Gasteiger partial charge in [-0.15, -0.1) is 0 Å². The molecule has 0 radical (unpaired) electrons. The van der Waals surface area contributed by atoms with Crippen LogP contribution in [-0.4, -0.2) is 19.9 Å². The minimum Gasteiger partial charge on any atom is -0.456 e. The van der Waals surface area contributed by atoms with Crippen LogP contribution < -0.4 is 0 Å². The topological polar surface area (TPSA) is 67.6 Å². The van der Waals surface area contributed by atoms with E-state index in [1.54, 1.807) is 0 Å². The van der Waals surface area contributed by atoms with Gasteiger partial charge >= 0.3 is 0 Å². The van der Waals surface area contributed by atoms with Crippen LogP contribution in [0.25, 0.3) is 100 Å². The van der Waals surface area contributed by atoms with Crippen LogP contribution in [0.2, 0.25) is 0 Å². The lowest BCUT2D eigenvalue weighted by molar-refractivity contribution is 0.669. The maximum absolute atomic E-state index is 7.88. The van der Waals surface area contributed by atoms with E-state index in [0.717, 1.165) is 82.7 Å². The van der Waals surface area contributed by atoms with E-state index in [-0.39, 0.29) is 0 Å². The predicted octanol–water partition coefficient (Wildman–Crippen LogP) is 11.7. The SMILES string of the molecule is [3H]c1ccc(-c2ccc3[nH]c4ccc(-c5ccc6oc7cccc(-c8nc(-c9ccccc9)nc(-c9ccccc9)n8)c7c6c5)cc4c3c2)cc1. The summed E-state index contributed by atoms with van der Waals surface area (Å²) < 4.78 is 14.3. The van der Waals surface area contributed by atoms with Crippen molar-refractivity contribution in [1.82, 2.24) is 19.9 Å². The first kappa shape index (κ1) is 27.1. The Hall–Kier alpha value is -6.85. The lowest BCUT2D eigenvalue weighted by Gasteiger charge is -2.09. The van der Waals surface area contributed by atoms with Crippen molar-refractivity contribution in [2.45, 2.75) is 0 Å². The summed E-state index contributed by atoms with van der Waals surface area (Å²) in [5.74, 6) is 1.83. The van der Waals surface area contributed by atoms with E-state index in [1.807, 2.05) is 97.1 Å². The molecule has 0 fully saturated rings. The fraction of sp³-hybridized carbons (Fsp3) is 0. The Morgan fingerprint density at radius 1 is 0.420 bits per heavy atom. The second kappa shape index (κ2) is 11.4. The molecule has 0 saturated heterocycles. The van der Waals surface area contributed by atoms with E-state index in [9.17, 15) is 0 Å². The highest BCUT2D eigenvalue weighted by Crippen LogP contribution is 2.39. The third-order valence-electron chi connectivity index (χ3n) is 9.42. The fourth-order valence-electron chi connectivity index (χ4n) is 6.96. The number of fused-ring (bicyclic) bond motifs is 6. The van der Waals surface area contributed by atoms with E-state index < -0.39 is 0 Å². The molecule has 50 heavy (non-hydrogen) atoms. The Balaban J connectivity index is 1.13. The quantitative estimate of drug-likeness (QED) is 0.203. The van der Waals surface area contributed by atoms with Gasteiger partial charge in [0.05, 0.1) is 1.37 Å². The number of furan rings is 1. The third kappa shape index (κ3) is 4.75. The Morgan fingerprint density at radius 2 is 0.960 bits per heavy atom. The number of hydrogen-bond acceptors (Lipinski definition) is 4. The molecule has 10 aromatic rings. The van der Waals surface area contributed by atoms with Gasteiger partial charge in [-0.05, 0) is 64.7 Å². The van der Waals surface area contributed by atoms with Gasteiger partial charge in [-0.3, -0.25) is 0 Å². The van der Waals surface area contributed by atoms with E-state index >= 15 is 0 Å². The van der Waals surface area contributed by atoms with E-state index in [1.165, 1.54) is 0 Å².